The number of rotatable bonds is 3. The summed E-state index contributed by atoms with van der Waals surface area (Å²) in [7, 11) is 0. The second-order valence-corrected chi connectivity index (χ2v) is 7.05. The molecule has 1 saturated heterocycles. The van der Waals surface area contributed by atoms with Crippen molar-refractivity contribution in [1.29, 1.82) is 0 Å². The van der Waals surface area contributed by atoms with E-state index in [4.69, 9.17) is 5.73 Å². The average molecular weight is 272 g/mol. The maximum absolute atomic E-state index is 6.31. The van der Waals surface area contributed by atoms with Gasteiger partial charge < -0.3 is 5.73 Å². The van der Waals surface area contributed by atoms with Crippen molar-refractivity contribution in [3.63, 3.8) is 0 Å². The number of benzene rings is 1. The van der Waals surface area contributed by atoms with Gasteiger partial charge in [-0.15, -0.1) is 0 Å². The Morgan fingerprint density at radius 1 is 1.10 bits per heavy atom. The predicted octanol–water partition coefficient (Wildman–Crippen LogP) is 3.48. The molecule has 1 aliphatic carbocycles. The van der Waals surface area contributed by atoms with Crippen LogP contribution in [-0.4, -0.2) is 30.1 Å². The van der Waals surface area contributed by atoms with Crippen molar-refractivity contribution < 1.29 is 0 Å². The Hall–Kier alpha value is -0.860. The van der Waals surface area contributed by atoms with Crippen LogP contribution >= 0.6 is 0 Å². The fraction of sp³-hybridized carbons (Fsp3) is 0.667. The standard InChI is InChI=1S/C18H28N2/c1-13(2)14-6-8-15(9-7-14)16-10-17(19)12-20(11-16)18-4-3-5-18/h6-9,13,16-18H,3-5,10-12,19H2,1-2H3. The van der Waals surface area contributed by atoms with Gasteiger partial charge in [-0.1, -0.05) is 44.5 Å². The Labute approximate surface area is 123 Å². The Morgan fingerprint density at radius 3 is 2.35 bits per heavy atom. The van der Waals surface area contributed by atoms with Crippen molar-refractivity contribution in [3.05, 3.63) is 35.4 Å². The van der Waals surface area contributed by atoms with Gasteiger partial charge in [-0.05, 0) is 42.2 Å². The molecule has 1 aliphatic heterocycles. The van der Waals surface area contributed by atoms with Crippen LogP contribution in [0.3, 0.4) is 0 Å². The molecule has 2 N–H and O–H groups in total. The normalized spacial score (nSPS) is 28.6. The van der Waals surface area contributed by atoms with E-state index in [2.05, 4.69) is 43.0 Å². The first-order chi connectivity index (χ1) is 9.63. The molecule has 2 nitrogen and oxygen atoms in total. The average Bonchev–Trinajstić information content (AvgIpc) is 2.36. The molecule has 1 aromatic rings. The Morgan fingerprint density at radius 2 is 1.80 bits per heavy atom. The van der Waals surface area contributed by atoms with Gasteiger partial charge >= 0.3 is 0 Å². The monoisotopic (exact) mass is 272 g/mol. The van der Waals surface area contributed by atoms with Crippen LogP contribution in [0.15, 0.2) is 24.3 Å². The van der Waals surface area contributed by atoms with Crippen molar-refractivity contribution >= 4 is 0 Å². The molecule has 3 rings (SSSR count). The molecule has 2 fully saturated rings. The summed E-state index contributed by atoms with van der Waals surface area (Å²) in [6.07, 6.45) is 5.31. The highest BCUT2D eigenvalue weighted by atomic mass is 15.2. The van der Waals surface area contributed by atoms with Gasteiger partial charge in [0.2, 0.25) is 0 Å². The van der Waals surface area contributed by atoms with Crippen LogP contribution in [0, 0.1) is 0 Å². The molecule has 1 saturated carbocycles. The smallest absolute Gasteiger partial charge is 0.0174 e. The first-order valence-corrected chi connectivity index (χ1v) is 8.23. The molecule has 2 atom stereocenters. The zero-order valence-electron chi connectivity index (χ0n) is 12.9. The lowest BCUT2D eigenvalue weighted by Gasteiger charge is -2.44. The maximum Gasteiger partial charge on any atom is 0.0174 e. The molecule has 0 bridgehead atoms. The van der Waals surface area contributed by atoms with E-state index in [0.29, 0.717) is 17.9 Å². The minimum absolute atomic E-state index is 0.346. The zero-order chi connectivity index (χ0) is 14.1. The molecule has 1 heterocycles. The first kappa shape index (κ1) is 14.1. The fourth-order valence-corrected chi connectivity index (χ4v) is 3.62. The minimum atomic E-state index is 0.346. The Kier molecular flexibility index (Phi) is 4.13. The molecule has 0 radical (unpaired) electrons. The lowest BCUT2D eigenvalue weighted by atomic mass is 9.83. The Balaban J connectivity index is 1.71. The van der Waals surface area contributed by atoms with Gasteiger partial charge in [-0.3, -0.25) is 4.90 Å². The largest absolute Gasteiger partial charge is 0.327 e. The third kappa shape index (κ3) is 2.91. The van der Waals surface area contributed by atoms with E-state index >= 15 is 0 Å². The summed E-state index contributed by atoms with van der Waals surface area (Å²) in [4.78, 5) is 2.65. The predicted molar refractivity (Wildman–Crippen MR) is 85.1 cm³/mol. The minimum Gasteiger partial charge on any atom is -0.327 e. The van der Waals surface area contributed by atoms with Gasteiger partial charge in [0.1, 0.15) is 0 Å². The first-order valence-electron chi connectivity index (χ1n) is 8.23. The summed E-state index contributed by atoms with van der Waals surface area (Å²) in [5.41, 5.74) is 9.22. The van der Waals surface area contributed by atoms with E-state index in [0.717, 1.165) is 19.0 Å². The highest BCUT2D eigenvalue weighted by Crippen LogP contribution is 2.33. The van der Waals surface area contributed by atoms with Crippen molar-refractivity contribution in [1.82, 2.24) is 4.90 Å². The molecule has 0 amide bonds. The van der Waals surface area contributed by atoms with Gasteiger partial charge in [-0.25, -0.2) is 0 Å². The molecule has 2 aliphatic rings. The van der Waals surface area contributed by atoms with Crippen molar-refractivity contribution in [2.75, 3.05) is 13.1 Å². The lowest BCUT2D eigenvalue weighted by Crippen LogP contribution is -2.52. The van der Waals surface area contributed by atoms with Crippen LogP contribution in [0.2, 0.25) is 0 Å². The molecule has 1 aromatic carbocycles. The maximum atomic E-state index is 6.31. The summed E-state index contributed by atoms with van der Waals surface area (Å²) in [6.45, 7) is 6.82. The third-order valence-corrected chi connectivity index (χ3v) is 5.18. The van der Waals surface area contributed by atoms with E-state index in [-0.39, 0.29) is 0 Å². The number of nitrogens with zero attached hydrogens (tertiary/aromatic N) is 1. The van der Waals surface area contributed by atoms with Gasteiger partial charge in [0.15, 0.2) is 0 Å². The summed E-state index contributed by atoms with van der Waals surface area (Å²) >= 11 is 0. The molecule has 0 aromatic heterocycles. The third-order valence-electron chi connectivity index (χ3n) is 5.18. The lowest BCUT2D eigenvalue weighted by molar-refractivity contribution is 0.0848. The molecule has 0 spiro atoms. The second-order valence-electron chi connectivity index (χ2n) is 7.05. The van der Waals surface area contributed by atoms with Crippen molar-refractivity contribution in [2.45, 2.75) is 63.5 Å². The van der Waals surface area contributed by atoms with E-state index < -0.39 is 0 Å². The van der Waals surface area contributed by atoms with E-state index in [1.54, 1.807) is 0 Å². The summed E-state index contributed by atoms with van der Waals surface area (Å²) in [6, 6.07) is 10.4. The second kappa shape index (κ2) is 5.87. The van der Waals surface area contributed by atoms with E-state index in [9.17, 15) is 0 Å². The van der Waals surface area contributed by atoms with Crippen LogP contribution in [-0.2, 0) is 0 Å². The van der Waals surface area contributed by atoms with Crippen LogP contribution < -0.4 is 5.73 Å². The van der Waals surface area contributed by atoms with Crippen LogP contribution in [0.4, 0.5) is 0 Å². The van der Waals surface area contributed by atoms with Crippen molar-refractivity contribution in [3.8, 4) is 0 Å². The molecular formula is C18H28N2. The van der Waals surface area contributed by atoms with Crippen LogP contribution in [0.1, 0.15) is 62.5 Å². The van der Waals surface area contributed by atoms with Gasteiger partial charge in [-0.2, -0.15) is 0 Å². The topological polar surface area (TPSA) is 29.3 Å². The molecule has 2 unspecified atom stereocenters. The van der Waals surface area contributed by atoms with Gasteiger partial charge in [0.05, 0.1) is 0 Å². The number of piperidine rings is 1. The highest BCUT2D eigenvalue weighted by Gasteiger charge is 2.32. The zero-order valence-corrected chi connectivity index (χ0v) is 12.9. The highest BCUT2D eigenvalue weighted by molar-refractivity contribution is 5.28. The molecular weight excluding hydrogens is 244 g/mol. The molecule has 2 heteroatoms. The van der Waals surface area contributed by atoms with Gasteiger partial charge in [0.25, 0.3) is 0 Å². The van der Waals surface area contributed by atoms with E-state index in [1.165, 1.54) is 36.9 Å². The quantitative estimate of drug-likeness (QED) is 0.913. The molecule has 110 valence electrons. The number of nitrogens with two attached hydrogens (primary N) is 1. The number of likely N-dealkylation sites (tertiary alicyclic amines) is 1. The molecule has 20 heavy (non-hydrogen) atoms. The summed E-state index contributed by atoms with van der Waals surface area (Å²) in [5, 5.41) is 0. The number of hydrogen-bond acceptors (Lipinski definition) is 2. The van der Waals surface area contributed by atoms with Crippen LogP contribution in [0.25, 0.3) is 0 Å². The summed E-state index contributed by atoms with van der Waals surface area (Å²) < 4.78 is 0. The van der Waals surface area contributed by atoms with E-state index in [1.807, 2.05) is 0 Å². The SMILES string of the molecule is CC(C)c1ccc(C2CC(N)CN(C3CCC3)C2)cc1. The Bertz CT molecular complexity index is 433. The van der Waals surface area contributed by atoms with Crippen molar-refractivity contribution in [2.24, 2.45) is 5.73 Å². The number of hydrogen-bond donors (Lipinski definition) is 1. The van der Waals surface area contributed by atoms with Crippen LogP contribution in [0.5, 0.6) is 0 Å². The summed E-state index contributed by atoms with van der Waals surface area (Å²) in [5.74, 6) is 1.24. The van der Waals surface area contributed by atoms with Gasteiger partial charge in [0, 0.05) is 25.2 Å². The fourth-order valence-electron chi connectivity index (χ4n) is 3.62.